The molecule has 17 heavy (non-hydrogen) atoms. The maximum Gasteiger partial charge on any atom is 0.252 e. The molecule has 0 bridgehead atoms. The molecule has 3 N–H and O–H groups in total. The van der Waals surface area contributed by atoms with Gasteiger partial charge < -0.3 is 20.1 Å². The molecule has 1 saturated heterocycles. The first-order valence-electron chi connectivity index (χ1n) is 5.69. The summed E-state index contributed by atoms with van der Waals surface area (Å²) in [6, 6.07) is 1.39. The Morgan fingerprint density at radius 3 is 2.53 bits per heavy atom. The lowest BCUT2D eigenvalue weighted by atomic mass is 10.2. The van der Waals surface area contributed by atoms with Gasteiger partial charge in [-0.3, -0.25) is 4.79 Å². The monoisotopic (exact) mass is 239 g/mol. The van der Waals surface area contributed by atoms with Crippen molar-refractivity contribution < 1.29 is 10.2 Å². The molecular formula is C11H17N3O3. The van der Waals surface area contributed by atoms with Gasteiger partial charge in [0.05, 0.1) is 12.2 Å². The van der Waals surface area contributed by atoms with E-state index in [0.717, 1.165) is 0 Å². The van der Waals surface area contributed by atoms with E-state index < -0.39 is 12.2 Å². The molecule has 0 saturated carbocycles. The summed E-state index contributed by atoms with van der Waals surface area (Å²) >= 11 is 0. The van der Waals surface area contributed by atoms with Gasteiger partial charge in [-0.2, -0.15) is 0 Å². The molecule has 2 heterocycles. The van der Waals surface area contributed by atoms with Gasteiger partial charge in [-0.25, -0.2) is 4.98 Å². The van der Waals surface area contributed by atoms with Crippen molar-refractivity contribution in [2.24, 2.45) is 0 Å². The van der Waals surface area contributed by atoms with Gasteiger partial charge in [-0.15, -0.1) is 0 Å². The fourth-order valence-corrected chi connectivity index (χ4v) is 1.86. The first-order chi connectivity index (χ1) is 7.97. The highest BCUT2D eigenvalue weighted by molar-refractivity contribution is 5.40. The molecule has 6 nitrogen and oxygen atoms in total. The van der Waals surface area contributed by atoms with Crippen LogP contribution in [0, 0.1) is 0 Å². The first-order valence-corrected chi connectivity index (χ1v) is 5.69. The van der Waals surface area contributed by atoms with Crippen LogP contribution in [0.5, 0.6) is 0 Å². The number of hydrogen-bond donors (Lipinski definition) is 3. The highest BCUT2D eigenvalue weighted by Gasteiger charge is 2.30. The third kappa shape index (κ3) is 2.48. The Balaban J connectivity index is 2.30. The van der Waals surface area contributed by atoms with Crippen molar-refractivity contribution in [1.29, 1.82) is 0 Å². The van der Waals surface area contributed by atoms with Crippen LogP contribution in [0.1, 0.15) is 25.6 Å². The summed E-state index contributed by atoms with van der Waals surface area (Å²) in [4.78, 5) is 20.2. The van der Waals surface area contributed by atoms with Crippen LogP contribution in [-0.4, -0.2) is 45.5 Å². The molecule has 1 fully saturated rings. The second-order valence-electron chi connectivity index (χ2n) is 4.68. The van der Waals surface area contributed by atoms with Gasteiger partial charge in [0, 0.05) is 25.1 Å². The Hall–Kier alpha value is -1.40. The smallest absolute Gasteiger partial charge is 0.252 e. The number of aromatic amines is 1. The Morgan fingerprint density at radius 1 is 1.41 bits per heavy atom. The summed E-state index contributed by atoms with van der Waals surface area (Å²) in [5, 5.41) is 18.9. The highest BCUT2D eigenvalue weighted by Crippen LogP contribution is 2.18. The van der Waals surface area contributed by atoms with Crippen LogP contribution in [0.2, 0.25) is 0 Å². The number of nitrogens with one attached hydrogen (secondary N) is 1. The van der Waals surface area contributed by atoms with Gasteiger partial charge in [-0.1, -0.05) is 13.8 Å². The van der Waals surface area contributed by atoms with Crippen molar-refractivity contribution in [1.82, 2.24) is 9.97 Å². The van der Waals surface area contributed by atoms with E-state index in [4.69, 9.17) is 0 Å². The van der Waals surface area contributed by atoms with Gasteiger partial charge in [0.1, 0.15) is 11.6 Å². The number of hydrogen-bond acceptors (Lipinski definition) is 5. The van der Waals surface area contributed by atoms with E-state index >= 15 is 0 Å². The number of β-amino-alcohol motifs (C(OH)–C–C–N with tert-alkyl or cyclic N) is 2. The number of aromatic nitrogens is 2. The summed E-state index contributed by atoms with van der Waals surface area (Å²) in [6.45, 7) is 4.48. The van der Waals surface area contributed by atoms with Crippen molar-refractivity contribution in [2.75, 3.05) is 18.0 Å². The van der Waals surface area contributed by atoms with Crippen LogP contribution in [0.25, 0.3) is 0 Å². The predicted octanol–water partition coefficient (Wildman–Crippen LogP) is -0.565. The number of aliphatic hydroxyl groups excluding tert-OH is 2. The van der Waals surface area contributed by atoms with Crippen molar-refractivity contribution >= 4 is 5.82 Å². The normalized spacial score (nSPS) is 24.6. The van der Waals surface area contributed by atoms with Crippen molar-refractivity contribution in [2.45, 2.75) is 32.0 Å². The number of anilines is 1. The predicted molar refractivity (Wildman–Crippen MR) is 63.2 cm³/mol. The average molecular weight is 239 g/mol. The molecule has 2 unspecified atom stereocenters. The minimum Gasteiger partial charge on any atom is -0.389 e. The zero-order valence-corrected chi connectivity index (χ0v) is 9.92. The summed E-state index contributed by atoms with van der Waals surface area (Å²) in [5.41, 5.74) is -0.213. The summed E-state index contributed by atoms with van der Waals surface area (Å²) in [5.74, 6) is 1.25. The Bertz CT molecular complexity index is 448. The SMILES string of the molecule is CC(C)c1nc(N2CC(O)C(O)C2)cc(=O)[nH]1. The number of nitrogens with zero attached hydrogens (tertiary/aromatic N) is 2. The molecule has 0 aliphatic carbocycles. The van der Waals surface area contributed by atoms with Crippen LogP contribution in [0.15, 0.2) is 10.9 Å². The van der Waals surface area contributed by atoms with Gasteiger partial charge in [0.2, 0.25) is 0 Å². The maximum absolute atomic E-state index is 11.5. The average Bonchev–Trinajstić information content (AvgIpc) is 2.58. The fraction of sp³-hybridized carbons (Fsp3) is 0.636. The first kappa shape index (κ1) is 12.1. The molecule has 1 aliphatic rings. The summed E-state index contributed by atoms with van der Waals surface area (Å²) in [6.07, 6.45) is -1.56. The third-order valence-electron chi connectivity index (χ3n) is 2.88. The van der Waals surface area contributed by atoms with E-state index in [0.29, 0.717) is 24.7 Å². The molecule has 2 rings (SSSR count). The number of aliphatic hydroxyl groups is 2. The van der Waals surface area contributed by atoms with Gasteiger partial charge in [0.15, 0.2) is 0 Å². The van der Waals surface area contributed by atoms with E-state index in [-0.39, 0.29) is 11.5 Å². The van der Waals surface area contributed by atoms with Gasteiger partial charge in [0.25, 0.3) is 5.56 Å². The Kier molecular flexibility index (Phi) is 3.17. The van der Waals surface area contributed by atoms with Crippen LogP contribution in [-0.2, 0) is 0 Å². The lowest BCUT2D eigenvalue weighted by molar-refractivity contribution is 0.0572. The molecule has 1 aromatic rings. The maximum atomic E-state index is 11.5. The molecule has 0 amide bonds. The molecule has 0 spiro atoms. The van der Waals surface area contributed by atoms with E-state index in [2.05, 4.69) is 9.97 Å². The van der Waals surface area contributed by atoms with Gasteiger partial charge >= 0.3 is 0 Å². The largest absolute Gasteiger partial charge is 0.389 e. The van der Waals surface area contributed by atoms with E-state index in [1.165, 1.54) is 6.07 Å². The third-order valence-corrected chi connectivity index (χ3v) is 2.88. The topological polar surface area (TPSA) is 89.4 Å². The number of H-pyrrole nitrogens is 1. The van der Waals surface area contributed by atoms with Crippen LogP contribution in [0.3, 0.4) is 0 Å². The molecule has 2 atom stereocenters. The quantitative estimate of drug-likeness (QED) is 0.643. The molecule has 0 aromatic carbocycles. The fourth-order valence-electron chi connectivity index (χ4n) is 1.86. The van der Waals surface area contributed by atoms with E-state index in [1.807, 2.05) is 13.8 Å². The molecule has 1 aromatic heterocycles. The Labute approximate surface area is 98.9 Å². The molecule has 0 radical (unpaired) electrons. The van der Waals surface area contributed by atoms with Crippen LogP contribution < -0.4 is 10.5 Å². The lowest BCUT2D eigenvalue weighted by Gasteiger charge is -2.17. The van der Waals surface area contributed by atoms with Crippen molar-refractivity contribution in [3.8, 4) is 0 Å². The van der Waals surface area contributed by atoms with Gasteiger partial charge in [-0.05, 0) is 0 Å². The zero-order valence-electron chi connectivity index (χ0n) is 9.92. The molecule has 1 aliphatic heterocycles. The summed E-state index contributed by atoms with van der Waals surface area (Å²) in [7, 11) is 0. The highest BCUT2D eigenvalue weighted by atomic mass is 16.3. The standard InChI is InChI=1S/C11H17N3O3/c1-6(2)11-12-9(3-10(17)13-11)14-4-7(15)8(16)5-14/h3,6-8,15-16H,4-5H2,1-2H3,(H,12,13,17). The second kappa shape index (κ2) is 4.46. The molecule has 94 valence electrons. The van der Waals surface area contributed by atoms with Crippen LogP contribution >= 0.6 is 0 Å². The molecule has 6 heteroatoms. The minimum atomic E-state index is -0.779. The van der Waals surface area contributed by atoms with Crippen molar-refractivity contribution in [3.05, 3.63) is 22.2 Å². The molecular weight excluding hydrogens is 222 g/mol. The summed E-state index contributed by atoms with van der Waals surface area (Å²) < 4.78 is 0. The van der Waals surface area contributed by atoms with Crippen molar-refractivity contribution in [3.63, 3.8) is 0 Å². The number of rotatable bonds is 2. The zero-order chi connectivity index (χ0) is 12.6. The van der Waals surface area contributed by atoms with E-state index in [1.54, 1.807) is 4.90 Å². The second-order valence-corrected chi connectivity index (χ2v) is 4.68. The Morgan fingerprint density at radius 2 is 2.00 bits per heavy atom. The minimum absolute atomic E-state index is 0.125. The lowest BCUT2D eigenvalue weighted by Crippen LogP contribution is -2.25. The van der Waals surface area contributed by atoms with E-state index in [9.17, 15) is 15.0 Å². The van der Waals surface area contributed by atoms with Crippen LogP contribution in [0.4, 0.5) is 5.82 Å².